The summed E-state index contributed by atoms with van der Waals surface area (Å²) in [7, 11) is 3.33. The zero-order valence-electron chi connectivity index (χ0n) is 10.8. The minimum absolute atomic E-state index is 0.102. The highest BCUT2D eigenvalue weighted by molar-refractivity contribution is 5.40. The summed E-state index contributed by atoms with van der Waals surface area (Å²) in [6.45, 7) is 7.21. The molecule has 3 nitrogen and oxygen atoms in total. The first-order chi connectivity index (χ1) is 7.46. The lowest BCUT2D eigenvalue weighted by Gasteiger charge is -2.21. The predicted octanol–water partition coefficient (Wildman–Crippen LogP) is 2.59. The van der Waals surface area contributed by atoms with Crippen LogP contribution >= 0.6 is 0 Å². The van der Waals surface area contributed by atoms with Crippen molar-refractivity contribution < 1.29 is 9.47 Å². The van der Waals surface area contributed by atoms with E-state index >= 15 is 0 Å². The van der Waals surface area contributed by atoms with Crippen LogP contribution in [0.1, 0.15) is 26.3 Å². The highest BCUT2D eigenvalue weighted by Gasteiger charge is 2.11. The van der Waals surface area contributed by atoms with Gasteiger partial charge in [0.15, 0.2) is 0 Å². The number of methoxy groups -OCH3 is 2. The number of hydrogen-bond acceptors (Lipinski definition) is 3. The molecule has 0 spiro atoms. The molecule has 0 atom stereocenters. The number of hydrogen-bond donors (Lipinski definition) is 1. The number of rotatable bonds is 4. The molecule has 0 amide bonds. The molecule has 1 rings (SSSR count). The summed E-state index contributed by atoms with van der Waals surface area (Å²) in [5.74, 6) is 1.67. The largest absolute Gasteiger partial charge is 0.497 e. The Kier molecular flexibility index (Phi) is 4.19. The van der Waals surface area contributed by atoms with Gasteiger partial charge in [0.1, 0.15) is 11.5 Å². The van der Waals surface area contributed by atoms with Crippen LogP contribution in [-0.4, -0.2) is 19.8 Å². The maximum atomic E-state index is 5.33. The summed E-state index contributed by atoms with van der Waals surface area (Å²) in [6.07, 6.45) is 0. The van der Waals surface area contributed by atoms with Crippen molar-refractivity contribution in [2.24, 2.45) is 0 Å². The first kappa shape index (κ1) is 12.8. The van der Waals surface area contributed by atoms with E-state index < -0.39 is 0 Å². The molecule has 0 unspecified atom stereocenters. The predicted molar refractivity (Wildman–Crippen MR) is 66.1 cm³/mol. The third-order valence-corrected chi connectivity index (χ3v) is 2.30. The molecule has 1 aromatic rings. The molecule has 0 aromatic heterocycles. The van der Waals surface area contributed by atoms with Gasteiger partial charge in [-0.25, -0.2) is 0 Å². The van der Waals surface area contributed by atoms with Crippen LogP contribution in [0.4, 0.5) is 0 Å². The number of nitrogens with one attached hydrogen (secondary N) is 1. The Morgan fingerprint density at radius 1 is 1.12 bits per heavy atom. The molecule has 0 fully saturated rings. The van der Waals surface area contributed by atoms with Crippen LogP contribution in [-0.2, 0) is 6.54 Å². The van der Waals surface area contributed by atoms with Crippen molar-refractivity contribution in [2.45, 2.75) is 32.9 Å². The first-order valence-corrected chi connectivity index (χ1v) is 5.42. The average Bonchev–Trinajstić information content (AvgIpc) is 2.25. The highest BCUT2D eigenvalue weighted by atomic mass is 16.5. The van der Waals surface area contributed by atoms with E-state index in [1.165, 1.54) is 0 Å². The fourth-order valence-corrected chi connectivity index (χ4v) is 1.36. The van der Waals surface area contributed by atoms with Crippen LogP contribution in [0.2, 0.25) is 0 Å². The Balaban J connectivity index is 2.79. The van der Waals surface area contributed by atoms with Gasteiger partial charge < -0.3 is 14.8 Å². The zero-order chi connectivity index (χ0) is 12.2. The second-order valence-electron chi connectivity index (χ2n) is 4.78. The third kappa shape index (κ3) is 3.74. The molecule has 0 radical (unpaired) electrons. The van der Waals surface area contributed by atoms with E-state index in [0.29, 0.717) is 0 Å². The van der Waals surface area contributed by atoms with E-state index in [1.54, 1.807) is 14.2 Å². The lowest BCUT2D eigenvalue weighted by molar-refractivity contribution is 0.381. The van der Waals surface area contributed by atoms with Crippen molar-refractivity contribution in [3.8, 4) is 11.5 Å². The Morgan fingerprint density at radius 3 is 2.31 bits per heavy atom. The summed E-state index contributed by atoms with van der Waals surface area (Å²) < 4.78 is 10.5. The van der Waals surface area contributed by atoms with Crippen molar-refractivity contribution in [3.05, 3.63) is 23.8 Å². The topological polar surface area (TPSA) is 30.5 Å². The van der Waals surface area contributed by atoms with Crippen LogP contribution in [0, 0.1) is 0 Å². The minimum Gasteiger partial charge on any atom is -0.497 e. The second kappa shape index (κ2) is 5.21. The van der Waals surface area contributed by atoms with Gasteiger partial charge >= 0.3 is 0 Å². The van der Waals surface area contributed by atoms with Gasteiger partial charge in [-0.05, 0) is 26.8 Å². The van der Waals surface area contributed by atoms with Gasteiger partial charge in [0, 0.05) is 23.7 Å². The fraction of sp³-hybridized carbons (Fsp3) is 0.538. The Morgan fingerprint density at radius 2 is 1.81 bits per heavy atom. The third-order valence-electron chi connectivity index (χ3n) is 2.30. The molecule has 0 aliphatic rings. The molecule has 1 N–H and O–H groups in total. The quantitative estimate of drug-likeness (QED) is 0.851. The molecule has 0 saturated carbocycles. The first-order valence-electron chi connectivity index (χ1n) is 5.42. The summed E-state index contributed by atoms with van der Waals surface area (Å²) in [5, 5.41) is 3.43. The summed E-state index contributed by atoms with van der Waals surface area (Å²) in [5.41, 5.74) is 1.24. The molecule has 3 heteroatoms. The van der Waals surface area contributed by atoms with Gasteiger partial charge in [-0.15, -0.1) is 0 Å². The average molecular weight is 223 g/mol. The SMILES string of the molecule is COc1ccc(CNC(C)(C)C)c(OC)c1. The highest BCUT2D eigenvalue weighted by Crippen LogP contribution is 2.24. The molecular weight excluding hydrogens is 202 g/mol. The van der Waals surface area contributed by atoms with E-state index in [1.807, 2.05) is 18.2 Å². The molecule has 90 valence electrons. The Bertz CT molecular complexity index is 342. The van der Waals surface area contributed by atoms with Gasteiger partial charge in [0.2, 0.25) is 0 Å². The normalized spacial score (nSPS) is 11.3. The van der Waals surface area contributed by atoms with Crippen LogP contribution in [0.5, 0.6) is 11.5 Å². The van der Waals surface area contributed by atoms with Crippen molar-refractivity contribution in [2.75, 3.05) is 14.2 Å². The Labute approximate surface area is 97.8 Å². The monoisotopic (exact) mass is 223 g/mol. The number of benzene rings is 1. The summed E-state index contributed by atoms with van der Waals surface area (Å²) in [6, 6.07) is 5.87. The van der Waals surface area contributed by atoms with Gasteiger partial charge in [-0.3, -0.25) is 0 Å². The molecule has 0 aliphatic heterocycles. The van der Waals surface area contributed by atoms with E-state index in [-0.39, 0.29) is 5.54 Å². The van der Waals surface area contributed by atoms with Gasteiger partial charge in [0.05, 0.1) is 14.2 Å². The van der Waals surface area contributed by atoms with Crippen molar-refractivity contribution in [3.63, 3.8) is 0 Å². The van der Waals surface area contributed by atoms with Gasteiger partial charge in [0.25, 0.3) is 0 Å². The summed E-state index contributed by atoms with van der Waals surface area (Å²) in [4.78, 5) is 0. The van der Waals surface area contributed by atoms with Gasteiger partial charge in [-0.2, -0.15) is 0 Å². The standard InChI is InChI=1S/C13H21NO2/c1-13(2,3)14-9-10-6-7-11(15-4)8-12(10)16-5/h6-8,14H,9H2,1-5H3. The summed E-state index contributed by atoms with van der Waals surface area (Å²) >= 11 is 0. The van der Waals surface area contributed by atoms with Crippen LogP contribution in [0.3, 0.4) is 0 Å². The van der Waals surface area contributed by atoms with Crippen LogP contribution in [0.15, 0.2) is 18.2 Å². The van der Waals surface area contributed by atoms with Crippen molar-refractivity contribution >= 4 is 0 Å². The maximum Gasteiger partial charge on any atom is 0.127 e. The van der Waals surface area contributed by atoms with Crippen LogP contribution < -0.4 is 14.8 Å². The van der Waals surface area contributed by atoms with Crippen molar-refractivity contribution in [1.82, 2.24) is 5.32 Å². The van der Waals surface area contributed by atoms with E-state index in [0.717, 1.165) is 23.6 Å². The lowest BCUT2D eigenvalue weighted by atomic mass is 10.1. The fourth-order valence-electron chi connectivity index (χ4n) is 1.36. The number of ether oxygens (including phenoxy) is 2. The van der Waals surface area contributed by atoms with Crippen LogP contribution in [0.25, 0.3) is 0 Å². The smallest absolute Gasteiger partial charge is 0.127 e. The van der Waals surface area contributed by atoms with E-state index in [9.17, 15) is 0 Å². The van der Waals surface area contributed by atoms with E-state index in [2.05, 4.69) is 26.1 Å². The lowest BCUT2D eigenvalue weighted by Crippen LogP contribution is -2.35. The molecule has 0 bridgehead atoms. The molecule has 0 aliphatic carbocycles. The second-order valence-corrected chi connectivity index (χ2v) is 4.78. The molecule has 1 aromatic carbocycles. The van der Waals surface area contributed by atoms with Crippen molar-refractivity contribution in [1.29, 1.82) is 0 Å². The zero-order valence-corrected chi connectivity index (χ0v) is 10.8. The molecule has 0 saturated heterocycles. The molecular formula is C13H21NO2. The molecule has 0 heterocycles. The maximum absolute atomic E-state index is 5.33. The minimum atomic E-state index is 0.102. The van der Waals surface area contributed by atoms with E-state index in [4.69, 9.17) is 9.47 Å². The molecule has 16 heavy (non-hydrogen) atoms. The Hall–Kier alpha value is -1.22. The van der Waals surface area contributed by atoms with Gasteiger partial charge in [-0.1, -0.05) is 6.07 Å².